The highest BCUT2D eigenvalue weighted by Gasteiger charge is 2.03. The molecule has 0 spiro atoms. The summed E-state index contributed by atoms with van der Waals surface area (Å²) in [6, 6.07) is 7.69. The summed E-state index contributed by atoms with van der Waals surface area (Å²) in [4.78, 5) is 11.5. The van der Waals surface area contributed by atoms with Crippen LogP contribution in [0.1, 0.15) is 35.7 Å². The van der Waals surface area contributed by atoms with Gasteiger partial charge in [0.25, 0.3) is 0 Å². The number of Topliss-reactive ketones (excluding diaryl/α,β-unsaturated/α-hetero) is 1. The maximum absolute atomic E-state index is 11.5. The van der Waals surface area contributed by atoms with Crippen molar-refractivity contribution in [2.45, 2.75) is 26.2 Å². The Morgan fingerprint density at radius 1 is 1.35 bits per heavy atom. The van der Waals surface area contributed by atoms with E-state index in [1.165, 1.54) is 0 Å². The van der Waals surface area contributed by atoms with E-state index in [0.29, 0.717) is 26.1 Å². The maximum atomic E-state index is 11.5. The molecule has 1 N–H and O–H groups in total. The highest BCUT2D eigenvalue weighted by atomic mass is 16.5. The summed E-state index contributed by atoms with van der Waals surface area (Å²) >= 11 is 0. The van der Waals surface area contributed by atoms with Gasteiger partial charge in [0, 0.05) is 25.2 Å². The third-order valence-corrected chi connectivity index (χ3v) is 2.55. The highest BCUT2D eigenvalue weighted by Crippen LogP contribution is 2.08. The molecule has 0 unspecified atom stereocenters. The fourth-order valence-corrected chi connectivity index (χ4v) is 1.56. The number of aliphatic hydroxyl groups excluding tert-OH is 1. The molecule has 0 saturated heterocycles. The largest absolute Gasteiger partial charge is 0.396 e. The van der Waals surface area contributed by atoms with Gasteiger partial charge in [0.2, 0.25) is 0 Å². The molecule has 17 heavy (non-hydrogen) atoms. The van der Waals surface area contributed by atoms with Gasteiger partial charge in [0.05, 0.1) is 6.61 Å². The van der Waals surface area contributed by atoms with E-state index in [-0.39, 0.29) is 12.4 Å². The lowest BCUT2D eigenvalue weighted by Crippen LogP contribution is -2.03. The number of benzene rings is 1. The van der Waals surface area contributed by atoms with Crippen LogP contribution in [0.2, 0.25) is 0 Å². The third-order valence-electron chi connectivity index (χ3n) is 2.55. The van der Waals surface area contributed by atoms with E-state index in [2.05, 4.69) is 0 Å². The van der Waals surface area contributed by atoms with Crippen LogP contribution < -0.4 is 0 Å². The Labute approximate surface area is 102 Å². The molecule has 1 rings (SSSR count). The van der Waals surface area contributed by atoms with Gasteiger partial charge in [-0.3, -0.25) is 4.79 Å². The first-order valence-corrected chi connectivity index (χ1v) is 6.08. The quantitative estimate of drug-likeness (QED) is 0.556. The van der Waals surface area contributed by atoms with Crippen LogP contribution in [0.15, 0.2) is 24.3 Å². The molecule has 0 bridgehead atoms. The van der Waals surface area contributed by atoms with Crippen molar-refractivity contribution in [3.63, 3.8) is 0 Å². The maximum Gasteiger partial charge on any atom is 0.162 e. The van der Waals surface area contributed by atoms with E-state index >= 15 is 0 Å². The topological polar surface area (TPSA) is 46.5 Å². The van der Waals surface area contributed by atoms with Crippen molar-refractivity contribution >= 4 is 5.78 Å². The van der Waals surface area contributed by atoms with Gasteiger partial charge in [-0.15, -0.1) is 0 Å². The van der Waals surface area contributed by atoms with Crippen LogP contribution in [-0.4, -0.2) is 30.7 Å². The lowest BCUT2D eigenvalue weighted by atomic mass is 10.0. The van der Waals surface area contributed by atoms with Gasteiger partial charge in [0.1, 0.15) is 0 Å². The molecular formula is C14H20O3. The van der Waals surface area contributed by atoms with Gasteiger partial charge in [0.15, 0.2) is 5.78 Å². The summed E-state index contributed by atoms with van der Waals surface area (Å²) in [5.74, 6) is 0.174. The van der Waals surface area contributed by atoms with Crippen LogP contribution in [0.5, 0.6) is 0 Å². The normalized spacial score (nSPS) is 10.5. The second-order valence-electron chi connectivity index (χ2n) is 3.92. The Bertz CT molecular complexity index is 347. The van der Waals surface area contributed by atoms with E-state index in [0.717, 1.165) is 17.5 Å². The number of carbonyl (C=O) groups excluding carboxylic acids is 1. The SMILES string of the molecule is CCC(=O)c1cccc(CCOCCCO)c1. The first-order chi connectivity index (χ1) is 8.27. The molecule has 0 heterocycles. The van der Waals surface area contributed by atoms with Crippen LogP contribution >= 0.6 is 0 Å². The standard InChI is InChI=1S/C14H20O3/c1-2-14(16)13-6-3-5-12(11-13)7-10-17-9-4-8-15/h3,5-6,11,15H,2,4,7-10H2,1H3. The predicted molar refractivity (Wildman–Crippen MR) is 67.3 cm³/mol. The lowest BCUT2D eigenvalue weighted by Gasteiger charge is -2.05. The van der Waals surface area contributed by atoms with Crippen molar-refractivity contribution in [2.24, 2.45) is 0 Å². The molecule has 3 nitrogen and oxygen atoms in total. The molecular weight excluding hydrogens is 216 g/mol. The van der Waals surface area contributed by atoms with Crippen LogP contribution in [0.4, 0.5) is 0 Å². The molecule has 0 aromatic heterocycles. The van der Waals surface area contributed by atoms with Crippen LogP contribution in [-0.2, 0) is 11.2 Å². The molecule has 0 aliphatic carbocycles. The van der Waals surface area contributed by atoms with Gasteiger partial charge >= 0.3 is 0 Å². The van der Waals surface area contributed by atoms with E-state index in [1.807, 2.05) is 31.2 Å². The molecule has 0 radical (unpaired) electrons. The van der Waals surface area contributed by atoms with E-state index in [1.54, 1.807) is 0 Å². The number of ether oxygens (including phenoxy) is 1. The summed E-state index contributed by atoms with van der Waals surface area (Å²) < 4.78 is 5.36. The summed E-state index contributed by atoms with van der Waals surface area (Å²) in [6.45, 7) is 3.25. The van der Waals surface area contributed by atoms with Gasteiger partial charge in [-0.25, -0.2) is 0 Å². The fourth-order valence-electron chi connectivity index (χ4n) is 1.56. The van der Waals surface area contributed by atoms with Gasteiger partial charge in [-0.2, -0.15) is 0 Å². The monoisotopic (exact) mass is 236 g/mol. The van der Waals surface area contributed by atoms with Crippen molar-refractivity contribution in [1.29, 1.82) is 0 Å². The summed E-state index contributed by atoms with van der Waals surface area (Å²) in [6.07, 6.45) is 2.01. The predicted octanol–water partition coefficient (Wildman–Crippen LogP) is 2.22. The molecule has 0 aliphatic rings. The Kier molecular flexibility index (Phi) is 6.51. The fraction of sp³-hybridized carbons (Fsp3) is 0.500. The minimum atomic E-state index is 0.167. The Balaban J connectivity index is 2.40. The van der Waals surface area contributed by atoms with Gasteiger partial charge < -0.3 is 9.84 Å². The number of rotatable bonds is 8. The lowest BCUT2D eigenvalue weighted by molar-refractivity contribution is 0.0987. The molecule has 0 atom stereocenters. The number of carbonyl (C=O) groups is 1. The Hall–Kier alpha value is -1.19. The number of aliphatic hydroxyl groups is 1. The van der Waals surface area contributed by atoms with E-state index in [4.69, 9.17) is 9.84 Å². The molecule has 0 amide bonds. The average molecular weight is 236 g/mol. The van der Waals surface area contributed by atoms with Crippen molar-refractivity contribution in [3.05, 3.63) is 35.4 Å². The molecule has 94 valence electrons. The molecule has 0 fully saturated rings. The zero-order valence-corrected chi connectivity index (χ0v) is 10.3. The van der Waals surface area contributed by atoms with Crippen LogP contribution in [0, 0.1) is 0 Å². The Morgan fingerprint density at radius 3 is 2.88 bits per heavy atom. The summed E-state index contributed by atoms with van der Waals surface area (Å²) in [5.41, 5.74) is 1.90. The third kappa shape index (κ3) is 5.11. The average Bonchev–Trinajstić information content (AvgIpc) is 2.38. The Morgan fingerprint density at radius 2 is 2.18 bits per heavy atom. The van der Waals surface area contributed by atoms with Crippen molar-refractivity contribution in [2.75, 3.05) is 19.8 Å². The molecule has 3 heteroatoms. The van der Waals surface area contributed by atoms with Crippen molar-refractivity contribution in [1.82, 2.24) is 0 Å². The first kappa shape index (κ1) is 13.9. The van der Waals surface area contributed by atoms with E-state index < -0.39 is 0 Å². The molecule has 1 aromatic carbocycles. The van der Waals surface area contributed by atoms with Gasteiger partial charge in [-0.05, 0) is 24.5 Å². The van der Waals surface area contributed by atoms with Gasteiger partial charge in [-0.1, -0.05) is 25.1 Å². The van der Waals surface area contributed by atoms with Crippen LogP contribution in [0.25, 0.3) is 0 Å². The highest BCUT2D eigenvalue weighted by molar-refractivity contribution is 5.95. The summed E-state index contributed by atoms with van der Waals surface area (Å²) in [7, 11) is 0. The van der Waals surface area contributed by atoms with Crippen LogP contribution in [0.3, 0.4) is 0 Å². The zero-order chi connectivity index (χ0) is 12.5. The first-order valence-electron chi connectivity index (χ1n) is 6.08. The minimum absolute atomic E-state index is 0.167. The zero-order valence-electron chi connectivity index (χ0n) is 10.3. The molecule has 0 saturated carbocycles. The molecule has 0 aliphatic heterocycles. The number of hydrogen-bond donors (Lipinski definition) is 1. The minimum Gasteiger partial charge on any atom is -0.396 e. The van der Waals surface area contributed by atoms with E-state index in [9.17, 15) is 4.79 Å². The second kappa shape index (κ2) is 7.98. The smallest absolute Gasteiger partial charge is 0.162 e. The molecule has 1 aromatic rings. The van der Waals surface area contributed by atoms with Crippen molar-refractivity contribution < 1.29 is 14.6 Å². The number of ketones is 1. The number of hydrogen-bond acceptors (Lipinski definition) is 3. The van der Waals surface area contributed by atoms with Crippen molar-refractivity contribution in [3.8, 4) is 0 Å². The summed E-state index contributed by atoms with van der Waals surface area (Å²) in [5, 5.41) is 8.59. The second-order valence-corrected chi connectivity index (χ2v) is 3.92.